The molecule has 1 aromatic carbocycles. The van der Waals surface area contributed by atoms with Gasteiger partial charge in [0.25, 0.3) is 17.7 Å². The average molecular weight is 426 g/mol. The number of furan rings is 1. The lowest BCUT2D eigenvalue weighted by atomic mass is 10.1. The van der Waals surface area contributed by atoms with Crippen molar-refractivity contribution in [2.45, 2.75) is 26.3 Å². The third kappa shape index (κ3) is 4.11. The highest BCUT2D eigenvalue weighted by molar-refractivity contribution is 6.20. The molecular weight excluding hydrogens is 400 g/mol. The smallest absolute Gasteiger partial charge is 0.279 e. The molecule has 2 aromatic rings. The summed E-state index contributed by atoms with van der Waals surface area (Å²) in [7, 11) is 4.52. The van der Waals surface area contributed by atoms with E-state index in [0.29, 0.717) is 12.2 Å². The van der Waals surface area contributed by atoms with Crippen molar-refractivity contribution in [3.63, 3.8) is 0 Å². The van der Waals surface area contributed by atoms with E-state index >= 15 is 0 Å². The Hall–Kier alpha value is -3.75. The number of nitrogens with zero attached hydrogens (tertiary/aromatic N) is 2. The van der Waals surface area contributed by atoms with Gasteiger partial charge in [-0.25, -0.2) is 0 Å². The fourth-order valence-corrected chi connectivity index (χ4v) is 3.27. The molecule has 0 radical (unpaired) electrons. The van der Waals surface area contributed by atoms with Crippen LogP contribution in [0.3, 0.4) is 0 Å². The van der Waals surface area contributed by atoms with Crippen LogP contribution in [0.1, 0.15) is 41.3 Å². The van der Waals surface area contributed by atoms with Crippen molar-refractivity contribution in [1.82, 2.24) is 15.1 Å². The second-order valence-corrected chi connectivity index (χ2v) is 7.50. The van der Waals surface area contributed by atoms with Gasteiger partial charge < -0.3 is 25.1 Å². The summed E-state index contributed by atoms with van der Waals surface area (Å²) in [5.74, 6) is -0.380. The quantitative estimate of drug-likeness (QED) is 0.460. The van der Waals surface area contributed by atoms with Crippen LogP contribution in [0.5, 0.6) is 5.75 Å². The Labute approximate surface area is 180 Å². The molecule has 0 bridgehead atoms. The van der Waals surface area contributed by atoms with E-state index in [2.05, 4.69) is 10.6 Å². The predicted octanol–water partition coefficient (Wildman–Crippen LogP) is 2.36. The lowest BCUT2D eigenvalue weighted by Crippen LogP contribution is -2.31. The molecule has 0 unspecified atom stereocenters. The van der Waals surface area contributed by atoms with Gasteiger partial charge >= 0.3 is 0 Å². The van der Waals surface area contributed by atoms with E-state index in [-0.39, 0.29) is 34.4 Å². The molecule has 0 saturated carbocycles. The lowest BCUT2D eigenvalue weighted by molar-refractivity contribution is -0.136. The first-order chi connectivity index (χ1) is 14.6. The molecule has 1 atom stereocenters. The number of carbonyl (C=O) groups excluding carboxylic acids is 3. The van der Waals surface area contributed by atoms with Crippen molar-refractivity contribution in [2.24, 2.45) is 0 Å². The van der Waals surface area contributed by atoms with Crippen molar-refractivity contribution in [3.05, 3.63) is 58.8 Å². The van der Waals surface area contributed by atoms with Gasteiger partial charge in [0.15, 0.2) is 5.75 Å². The van der Waals surface area contributed by atoms with E-state index in [0.717, 1.165) is 10.7 Å². The zero-order chi connectivity index (χ0) is 22.9. The largest absolute Gasteiger partial charge is 0.505 e. The molecule has 0 saturated heterocycles. The molecule has 1 aromatic heterocycles. The molecule has 2 heterocycles. The van der Waals surface area contributed by atoms with Gasteiger partial charge in [0.05, 0.1) is 17.3 Å². The standard InChI is InChI=1S/C22H26N4O5/c1-6-14(16-11-10-12(2)31-16)23-17-18(22(30)26(5)21(17)29)24-15-9-7-8-13(19(15)27)20(28)25(3)4/h7-11,14,23-24,27H,6H2,1-5H3/t14-/m1/s1. The first-order valence-electron chi connectivity index (χ1n) is 9.85. The van der Waals surface area contributed by atoms with Crippen LogP contribution >= 0.6 is 0 Å². The van der Waals surface area contributed by atoms with Crippen molar-refractivity contribution in [3.8, 4) is 5.75 Å². The van der Waals surface area contributed by atoms with Gasteiger partial charge in [0, 0.05) is 21.1 Å². The predicted molar refractivity (Wildman–Crippen MR) is 114 cm³/mol. The molecule has 1 aliphatic heterocycles. The summed E-state index contributed by atoms with van der Waals surface area (Å²) in [5, 5.41) is 16.6. The summed E-state index contributed by atoms with van der Waals surface area (Å²) in [5.41, 5.74) is 0.268. The topological polar surface area (TPSA) is 115 Å². The van der Waals surface area contributed by atoms with Gasteiger partial charge in [0.2, 0.25) is 0 Å². The summed E-state index contributed by atoms with van der Waals surface area (Å²) in [6.45, 7) is 3.75. The first kappa shape index (κ1) is 21.9. The van der Waals surface area contributed by atoms with Crippen LogP contribution in [0, 0.1) is 6.92 Å². The van der Waals surface area contributed by atoms with Gasteiger partial charge in [-0.3, -0.25) is 19.3 Å². The normalized spacial score (nSPS) is 14.8. The first-order valence-corrected chi connectivity index (χ1v) is 9.85. The van der Waals surface area contributed by atoms with E-state index in [1.165, 1.54) is 24.1 Å². The van der Waals surface area contributed by atoms with Gasteiger partial charge in [0.1, 0.15) is 22.9 Å². The maximum atomic E-state index is 12.7. The molecule has 0 fully saturated rings. The summed E-state index contributed by atoms with van der Waals surface area (Å²) in [6, 6.07) is 7.90. The van der Waals surface area contributed by atoms with Crippen LogP contribution in [0.15, 0.2) is 46.1 Å². The number of hydrogen-bond acceptors (Lipinski definition) is 7. The molecule has 0 spiro atoms. The Kier molecular flexibility index (Phi) is 6.05. The number of carbonyl (C=O) groups is 3. The Balaban J connectivity index is 1.99. The van der Waals surface area contributed by atoms with Crippen LogP contribution in [0.25, 0.3) is 0 Å². The molecule has 3 N–H and O–H groups in total. The summed E-state index contributed by atoms with van der Waals surface area (Å²) in [4.78, 5) is 40.1. The second-order valence-electron chi connectivity index (χ2n) is 7.50. The highest BCUT2D eigenvalue weighted by Gasteiger charge is 2.38. The van der Waals surface area contributed by atoms with Crippen molar-refractivity contribution < 1.29 is 23.9 Å². The molecule has 1 aliphatic rings. The van der Waals surface area contributed by atoms with Crippen molar-refractivity contribution in [2.75, 3.05) is 26.5 Å². The molecule has 3 amide bonds. The average Bonchev–Trinajstić information content (AvgIpc) is 3.25. The van der Waals surface area contributed by atoms with Crippen LogP contribution in [-0.2, 0) is 9.59 Å². The monoisotopic (exact) mass is 426 g/mol. The fourth-order valence-electron chi connectivity index (χ4n) is 3.27. The third-order valence-electron chi connectivity index (χ3n) is 5.05. The lowest BCUT2D eigenvalue weighted by Gasteiger charge is -2.18. The number of rotatable bonds is 7. The van der Waals surface area contributed by atoms with Gasteiger partial charge in [-0.1, -0.05) is 13.0 Å². The van der Waals surface area contributed by atoms with E-state index in [9.17, 15) is 19.5 Å². The van der Waals surface area contributed by atoms with Crippen LogP contribution in [0.2, 0.25) is 0 Å². The minimum Gasteiger partial charge on any atom is -0.505 e. The minimum atomic E-state index is -0.554. The molecule has 3 rings (SSSR count). The number of anilines is 1. The van der Waals surface area contributed by atoms with Gasteiger partial charge in [-0.15, -0.1) is 0 Å². The van der Waals surface area contributed by atoms with Crippen molar-refractivity contribution >= 4 is 23.4 Å². The molecule has 0 aliphatic carbocycles. The van der Waals surface area contributed by atoms with Crippen LogP contribution in [0.4, 0.5) is 5.69 Å². The number of aryl methyl sites for hydroxylation is 1. The fraction of sp³-hybridized carbons (Fsp3) is 0.318. The number of imide groups is 1. The van der Waals surface area contributed by atoms with E-state index in [4.69, 9.17) is 4.42 Å². The SMILES string of the molecule is CC[C@@H](NC1=C(Nc2cccc(C(=O)N(C)C)c2O)C(=O)N(C)C1=O)c1ccc(C)o1. The number of para-hydroxylation sites is 1. The Morgan fingerprint density at radius 2 is 1.84 bits per heavy atom. The Bertz CT molecular complexity index is 1070. The highest BCUT2D eigenvalue weighted by Crippen LogP contribution is 2.32. The summed E-state index contributed by atoms with van der Waals surface area (Å²) < 4.78 is 5.68. The zero-order valence-electron chi connectivity index (χ0n) is 18.1. The molecule has 9 nitrogen and oxygen atoms in total. The number of hydrogen-bond donors (Lipinski definition) is 3. The number of amides is 3. The third-order valence-corrected chi connectivity index (χ3v) is 5.05. The van der Waals surface area contributed by atoms with E-state index in [1.54, 1.807) is 20.2 Å². The Morgan fingerprint density at radius 1 is 1.16 bits per heavy atom. The maximum Gasteiger partial charge on any atom is 0.279 e. The maximum absolute atomic E-state index is 12.7. The molecular formula is C22H26N4O5. The molecule has 31 heavy (non-hydrogen) atoms. The van der Waals surface area contributed by atoms with Crippen LogP contribution in [-0.4, -0.2) is 53.8 Å². The van der Waals surface area contributed by atoms with Gasteiger partial charge in [-0.05, 0) is 37.6 Å². The number of phenolic OH excluding ortho intramolecular Hbond substituents is 1. The number of phenols is 1. The van der Waals surface area contributed by atoms with Crippen molar-refractivity contribution in [1.29, 1.82) is 0 Å². The number of nitrogens with one attached hydrogen (secondary N) is 2. The van der Waals surface area contributed by atoms with Gasteiger partial charge in [-0.2, -0.15) is 0 Å². The number of benzene rings is 1. The van der Waals surface area contributed by atoms with Crippen LogP contribution < -0.4 is 10.6 Å². The zero-order valence-corrected chi connectivity index (χ0v) is 18.1. The molecule has 164 valence electrons. The number of aromatic hydroxyl groups is 1. The summed E-state index contributed by atoms with van der Waals surface area (Å²) >= 11 is 0. The minimum absolute atomic E-state index is 0.0148. The second kappa shape index (κ2) is 8.55. The highest BCUT2D eigenvalue weighted by atomic mass is 16.3. The van der Waals surface area contributed by atoms with E-state index < -0.39 is 17.7 Å². The Morgan fingerprint density at radius 3 is 2.42 bits per heavy atom. The van der Waals surface area contributed by atoms with E-state index in [1.807, 2.05) is 26.0 Å². The summed E-state index contributed by atoms with van der Waals surface area (Å²) in [6.07, 6.45) is 0.604. The number of likely N-dealkylation sites (N-methyl/N-ethyl adjacent to an activating group) is 1. The molecule has 9 heteroatoms.